The largest absolute Gasteiger partial charge is 0.379 e. The fraction of sp³-hybridized carbons (Fsp3) is 0.462. The van der Waals surface area contributed by atoms with E-state index in [0.29, 0.717) is 5.52 Å². The molecule has 0 saturated carbocycles. The smallest absolute Gasteiger partial charge is 0.183 e. The Morgan fingerprint density at radius 1 is 1.37 bits per heavy atom. The van der Waals surface area contributed by atoms with Crippen LogP contribution in [-0.2, 0) is 4.74 Å². The van der Waals surface area contributed by atoms with Gasteiger partial charge in [-0.1, -0.05) is 17.4 Å². The maximum Gasteiger partial charge on any atom is 0.183 e. The Kier molecular flexibility index (Phi) is 3.91. The number of anilines is 1. The number of morpholine rings is 1. The van der Waals surface area contributed by atoms with E-state index in [1.807, 2.05) is 6.07 Å². The number of rotatable bonds is 4. The van der Waals surface area contributed by atoms with Crippen molar-refractivity contribution in [3.63, 3.8) is 0 Å². The zero-order valence-electron chi connectivity index (χ0n) is 10.6. The second-order valence-electron chi connectivity index (χ2n) is 4.49. The van der Waals surface area contributed by atoms with E-state index in [-0.39, 0.29) is 5.82 Å². The summed E-state index contributed by atoms with van der Waals surface area (Å²) < 4.78 is 19.7. The molecule has 0 amide bonds. The number of fused-ring (bicyclic) bond motifs is 1. The lowest BCUT2D eigenvalue weighted by Crippen LogP contribution is -2.38. The van der Waals surface area contributed by atoms with Crippen molar-refractivity contribution < 1.29 is 9.13 Å². The Morgan fingerprint density at radius 3 is 3.00 bits per heavy atom. The Labute approximate surface area is 115 Å². The molecule has 19 heavy (non-hydrogen) atoms. The Morgan fingerprint density at radius 2 is 2.21 bits per heavy atom. The van der Waals surface area contributed by atoms with Gasteiger partial charge in [-0.05, 0) is 12.1 Å². The van der Waals surface area contributed by atoms with Crippen molar-refractivity contribution in [3.05, 3.63) is 24.0 Å². The molecule has 4 nitrogen and oxygen atoms in total. The van der Waals surface area contributed by atoms with E-state index in [1.165, 1.54) is 17.4 Å². The quantitative estimate of drug-likeness (QED) is 0.932. The summed E-state index contributed by atoms with van der Waals surface area (Å²) in [6.45, 7) is 5.37. The average molecular weight is 281 g/mol. The number of hydrogen-bond donors (Lipinski definition) is 1. The number of benzene rings is 1. The van der Waals surface area contributed by atoms with Crippen LogP contribution in [0.3, 0.4) is 0 Å². The van der Waals surface area contributed by atoms with Crippen LogP contribution in [0, 0.1) is 5.82 Å². The summed E-state index contributed by atoms with van der Waals surface area (Å²) in [5, 5.41) is 4.05. The van der Waals surface area contributed by atoms with Gasteiger partial charge in [-0.2, -0.15) is 0 Å². The summed E-state index contributed by atoms with van der Waals surface area (Å²) in [6.07, 6.45) is 0. The molecule has 1 fully saturated rings. The van der Waals surface area contributed by atoms with Crippen LogP contribution in [0.15, 0.2) is 18.2 Å². The molecule has 0 bridgehead atoms. The first-order chi connectivity index (χ1) is 9.33. The third-order valence-corrected chi connectivity index (χ3v) is 4.16. The van der Waals surface area contributed by atoms with E-state index in [0.717, 1.165) is 49.2 Å². The van der Waals surface area contributed by atoms with E-state index in [9.17, 15) is 4.39 Å². The van der Waals surface area contributed by atoms with Crippen molar-refractivity contribution in [1.29, 1.82) is 0 Å². The zero-order chi connectivity index (χ0) is 13.1. The zero-order valence-corrected chi connectivity index (χ0v) is 11.4. The number of thiazole rings is 1. The molecule has 1 aliphatic heterocycles. The summed E-state index contributed by atoms with van der Waals surface area (Å²) in [5.41, 5.74) is 0.460. The van der Waals surface area contributed by atoms with Crippen LogP contribution in [0.25, 0.3) is 10.2 Å². The van der Waals surface area contributed by atoms with Gasteiger partial charge in [-0.15, -0.1) is 0 Å². The first-order valence-corrected chi connectivity index (χ1v) is 7.23. The van der Waals surface area contributed by atoms with Gasteiger partial charge in [0.15, 0.2) is 5.13 Å². The molecule has 3 rings (SSSR count). The predicted molar refractivity (Wildman–Crippen MR) is 75.3 cm³/mol. The van der Waals surface area contributed by atoms with Crippen LogP contribution in [0.2, 0.25) is 0 Å². The summed E-state index contributed by atoms with van der Waals surface area (Å²) >= 11 is 1.49. The number of para-hydroxylation sites is 1. The minimum atomic E-state index is -0.255. The highest BCUT2D eigenvalue weighted by atomic mass is 32.1. The second-order valence-corrected chi connectivity index (χ2v) is 5.52. The summed E-state index contributed by atoms with van der Waals surface area (Å²) in [4.78, 5) is 6.64. The molecule has 1 N–H and O–H groups in total. The monoisotopic (exact) mass is 281 g/mol. The van der Waals surface area contributed by atoms with E-state index in [4.69, 9.17) is 4.74 Å². The summed E-state index contributed by atoms with van der Waals surface area (Å²) in [6, 6.07) is 5.05. The van der Waals surface area contributed by atoms with Crippen molar-refractivity contribution >= 4 is 26.7 Å². The van der Waals surface area contributed by atoms with Gasteiger partial charge in [0, 0.05) is 26.2 Å². The van der Waals surface area contributed by atoms with Crippen molar-refractivity contribution in [2.45, 2.75) is 0 Å². The van der Waals surface area contributed by atoms with E-state index in [2.05, 4.69) is 15.2 Å². The lowest BCUT2D eigenvalue weighted by molar-refractivity contribution is 0.0398. The van der Waals surface area contributed by atoms with Crippen LogP contribution in [0.1, 0.15) is 0 Å². The van der Waals surface area contributed by atoms with Gasteiger partial charge in [-0.25, -0.2) is 9.37 Å². The molecule has 1 saturated heterocycles. The molecule has 102 valence electrons. The molecule has 0 spiro atoms. The average Bonchev–Trinajstić information content (AvgIpc) is 2.84. The highest BCUT2D eigenvalue weighted by molar-refractivity contribution is 7.22. The van der Waals surface area contributed by atoms with Gasteiger partial charge in [0.25, 0.3) is 0 Å². The SMILES string of the molecule is Fc1cccc2sc(NCCN3CCOCC3)nc12. The van der Waals surface area contributed by atoms with Crippen molar-refractivity contribution in [2.75, 3.05) is 44.7 Å². The molecule has 1 aromatic heterocycles. The van der Waals surface area contributed by atoms with Gasteiger partial charge in [0.1, 0.15) is 11.3 Å². The molecule has 6 heteroatoms. The first-order valence-electron chi connectivity index (χ1n) is 6.42. The van der Waals surface area contributed by atoms with Crippen LogP contribution in [0.4, 0.5) is 9.52 Å². The molecule has 0 atom stereocenters. The second kappa shape index (κ2) is 5.81. The first kappa shape index (κ1) is 12.8. The highest BCUT2D eigenvalue weighted by Gasteiger charge is 2.10. The Bertz CT molecular complexity index is 554. The standard InChI is InChI=1S/C13H16FN3OS/c14-10-2-1-3-11-12(10)16-13(19-11)15-4-5-17-6-8-18-9-7-17/h1-3H,4-9H2,(H,15,16). The van der Waals surface area contributed by atoms with Gasteiger partial charge >= 0.3 is 0 Å². The molecule has 2 heterocycles. The highest BCUT2D eigenvalue weighted by Crippen LogP contribution is 2.27. The van der Waals surface area contributed by atoms with Gasteiger partial charge < -0.3 is 10.1 Å². The fourth-order valence-corrected chi connectivity index (χ4v) is 3.04. The van der Waals surface area contributed by atoms with Crippen LogP contribution in [0.5, 0.6) is 0 Å². The Balaban J connectivity index is 1.57. The number of nitrogens with one attached hydrogen (secondary N) is 1. The van der Waals surface area contributed by atoms with Gasteiger partial charge in [0.05, 0.1) is 17.9 Å². The number of hydrogen-bond acceptors (Lipinski definition) is 5. The molecule has 0 unspecified atom stereocenters. The predicted octanol–water partition coefficient (Wildman–Crippen LogP) is 2.18. The van der Waals surface area contributed by atoms with Gasteiger partial charge in [0.2, 0.25) is 0 Å². The summed E-state index contributed by atoms with van der Waals surface area (Å²) in [7, 11) is 0. The molecule has 2 aromatic rings. The van der Waals surface area contributed by atoms with Crippen LogP contribution >= 0.6 is 11.3 Å². The number of aromatic nitrogens is 1. The van der Waals surface area contributed by atoms with E-state index in [1.54, 1.807) is 6.07 Å². The number of halogens is 1. The molecular formula is C13H16FN3OS. The maximum absolute atomic E-state index is 13.5. The number of nitrogens with zero attached hydrogens (tertiary/aromatic N) is 2. The van der Waals surface area contributed by atoms with Crippen molar-refractivity contribution in [1.82, 2.24) is 9.88 Å². The minimum absolute atomic E-state index is 0.255. The minimum Gasteiger partial charge on any atom is -0.379 e. The van der Waals surface area contributed by atoms with Crippen LogP contribution in [-0.4, -0.2) is 49.3 Å². The van der Waals surface area contributed by atoms with Gasteiger partial charge in [-0.3, -0.25) is 4.90 Å². The lowest BCUT2D eigenvalue weighted by Gasteiger charge is -2.26. The van der Waals surface area contributed by atoms with E-state index >= 15 is 0 Å². The van der Waals surface area contributed by atoms with E-state index < -0.39 is 0 Å². The topological polar surface area (TPSA) is 37.4 Å². The van der Waals surface area contributed by atoms with Crippen molar-refractivity contribution in [3.8, 4) is 0 Å². The summed E-state index contributed by atoms with van der Waals surface area (Å²) in [5.74, 6) is -0.255. The third-order valence-electron chi connectivity index (χ3n) is 3.18. The molecular weight excluding hydrogens is 265 g/mol. The molecule has 0 aliphatic carbocycles. The lowest BCUT2D eigenvalue weighted by atomic mass is 10.3. The molecule has 0 radical (unpaired) electrons. The third kappa shape index (κ3) is 3.02. The number of ether oxygens (including phenoxy) is 1. The molecule has 1 aromatic carbocycles. The normalized spacial score (nSPS) is 16.9. The maximum atomic E-state index is 13.5. The fourth-order valence-electron chi connectivity index (χ4n) is 2.14. The molecule has 1 aliphatic rings. The van der Waals surface area contributed by atoms with Crippen LogP contribution < -0.4 is 5.32 Å². The Hall–Kier alpha value is -1.24. The van der Waals surface area contributed by atoms with Crippen molar-refractivity contribution in [2.24, 2.45) is 0 Å².